The molecule has 0 fully saturated rings. The summed E-state index contributed by atoms with van der Waals surface area (Å²) in [5, 5.41) is 14.5. The van der Waals surface area contributed by atoms with E-state index in [4.69, 9.17) is 4.74 Å². The van der Waals surface area contributed by atoms with Crippen molar-refractivity contribution in [3.63, 3.8) is 0 Å². The maximum atomic E-state index is 10.9. The molecule has 0 spiro atoms. The average Bonchev–Trinajstić information content (AvgIpc) is 2.65. The minimum absolute atomic E-state index is 0.164. The van der Waals surface area contributed by atoms with E-state index in [1.165, 1.54) is 11.6 Å². The van der Waals surface area contributed by atoms with Crippen LogP contribution in [0.1, 0.15) is 36.8 Å². The number of nitrogens with zero attached hydrogens (tertiary/aromatic N) is 1. The molecule has 0 aromatic heterocycles. The van der Waals surface area contributed by atoms with Gasteiger partial charge in [0.25, 0.3) is 5.69 Å². The minimum atomic E-state index is -0.340. The molecular weight excluding hydrogens is 316 g/mol. The number of nitro groups is 1. The predicted octanol–water partition coefficient (Wildman–Crippen LogP) is 4.07. The second-order valence-corrected chi connectivity index (χ2v) is 6.65. The molecule has 5 nitrogen and oxygen atoms in total. The zero-order valence-corrected chi connectivity index (χ0v) is 14.5. The van der Waals surface area contributed by atoms with E-state index in [1.54, 1.807) is 12.1 Å². The van der Waals surface area contributed by atoms with Gasteiger partial charge in [0.1, 0.15) is 5.75 Å². The molecular formula is C20H24N2O3. The Hall–Kier alpha value is -2.40. The van der Waals surface area contributed by atoms with Gasteiger partial charge in [-0.1, -0.05) is 30.3 Å². The number of aryl methyl sites for hydroxylation is 1. The van der Waals surface area contributed by atoms with E-state index >= 15 is 0 Å². The van der Waals surface area contributed by atoms with Crippen molar-refractivity contribution < 1.29 is 9.66 Å². The smallest absolute Gasteiger partial charge is 0.269 e. The number of nitro benzene ring substituents is 1. The van der Waals surface area contributed by atoms with Crippen LogP contribution in [-0.2, 0) is 6.42 Å². The molecule has 3 rings (SSSR count). The third kappa shape index (κ3) is 4.57. The third-order valence-corrected chi connectivity index (χ3v) is 4.78. The number of para-hydroxylation sites is 1. The molecule has 25 heavy (non-hydrogen) atoms. The van der Waals surface area contributed by atoms with Crippen molar-refractivity contribution in [1.29, 1.82) is 0 Å². The molecule has 2 atom stereocenters. The highest BCUT2D eigenvalue weighted by Gasteiger charge is 2.21. The zero-order chi connectivity index (χ0) is 17.6. The van der Waals surface area contributed by atoms with Gasteiger partial charge in [0.05, 0.1) is 11.5 Å². The van der Waals surface area contributed by atoms with E-state index in [2.05, 4.69) is 24.4 Å². The quantitative estimate of drug-likeness (QED) is 0.609. The lowest BCUT2D eigenvalue weighted by Gasteiger charge is -2.27. The zero-order valence-electron chi connectivity index (χ0n) is 14.5. The van der Waals surface area contributed by atoms with E-state index in [9.17, 15) is 10.1 Å². The first-order valence-corrected chi connectivity index (χ1v) is 8.82. The minimum Gasteiger partial charge on any atom is -0.493 e. The van der Waals surface area contributed by atoms with Crippen LogP contribution >= 0.6 is 0 Å². The standard InChI is InChI=1S/C20H24N2O3/c1-15(9-10-16-5-4-6-18(13-16)22(23)24)21-14-17-11-12-25-20-8-3-2-7-19(17)20/h2-8,13,15,17,21H,9-12,14H2,1H3. The van der Waals surface area contributed by atoms with Crippen molar-refractivity contribution in [1.82, 2.24) is 5.32 Å². The van der Waals surface area contributed by atoms with Gasteiger partial charge in [-0.15, -0.1) is 0 Å². The normalized spacial score (nSPS) is 17.4. The number of rotatable bonds is 7. The molecule has 2 unspecified atom stereocenters. The summed E-state index contributed by atoms with van der Waals surface area (Å²) >= 11 is 0. The number of ether oxygens (including phenoxy) is 1. The van der Waals surface area contributed by atoms with Gasteiger partial charge >= 0.3 is 0 Å². The van der Waals surface area contributed by atoms with E-state index in [0.29, 0.717) is 12.0 Å². The summed E-state index contributed by atoms with van der Waals surface area (Å²) in [5.41, 5.74) is 2.46. The molecule has 0 radical (unpaired) electrons. The summed E-state index contributed by atoms with van der Waals surface area (Å²) < 4.78 is 5.71. The first-order valence-electron chi connectivity index (χ1n) is 8.82. The Balaban J connectivity index is 1.50. The highest BCUT2D eigenvalue weighted by Crippen LogP contribution is 2.32. The van der Waals surface area contributed by atoms with Gasteiger partial charge in [-0.25, -0.2) is 0 Å². The molecule has 2 aromatic rings. The monoisotopic (exact) mass is 340 g/mol. The van der Waals surface area contributed by atoms with E-state index in [0.717, 1.165) is 43.7 Å². The molecule has 5 heteroatoms. The summed E-state index contributed by atoms with van der Waals surface area (Å²) in [6.45, 7) is 3.87. The molecule has 0 aliphatic carbocycles. The first-order chi connectivity index (χ1) is 12.1. The Morgan fingerprint density at radius 2 is 2.12 bits per heavy atom. The molecule has 0 saturated heterocycles. The molecule has 1 aliphatic rings. The number of hydrogen-bond acceptors (Lipinski definition) is 4. The first kappa shape index (κ1) is 17.4. The number of fused-ring (bicyclic) bond motifs is 1. The number of nitrogens with one attached hydrogen (secondary N) is 1. The van der Waals surface area contributed by atoms with Gasteiger partial charge in [0, 0.05) is 30.6 Å². The highest BCUT2D eigenvalue weighted by atomic mass is 16.6. The predicted molar refractivity (Wildman–Crippen MR) is 98.2 cm³/mol. The largest absolute Gasteiger partial charge is 0.493 e. The van der Waals surface area contributed by atoms with Crippen LogP contribution in [0.3, 0.4) is 0 Å². The van der Waals surface area contributed by atoms with Crippen LogP contribution in [-0.4, -0.2) is 24.1 Å². The lowest BCUT2D eigenvalue weighted by Crippen LogP contribution is -2.32. The van der Waals surface area contributed by atoms with E-state index in [1.807, 2.05) is 18.2 Å². The van der Waals surface area contributed by atoms with Crippen molar-refractivity contribution in [2.24, 2.45) is 0 Å². The van der Waals surface area contributed by atoms with Gasteiger partial charge in [0.15, 0.2) is 0 Å². The second kappa shape index (κ2) is 8.12. The van der Waals surface area contributed by atoms with Crippen molar-refractivity contribution in [3.8, 4) is 5.75 Å². The summed E-state index contributed by atoms with van der Waals surface area (Å²) in [6, 6.07) is 15.5. The maximum absolute atomic E-state index is 10.9. The van der Waals surface area contributed by atoms with Gasteiger partial charge in [-0.2, -0.15) is 0 Å². The molecule has 1 aliphatic heterocycles. The van der Waals surface area contributed by atoms with Crippen LogP contribution in [0, 0.1) is 10.1 Å². The van der Waals surface area contributed by atoms with Gasteiger partial charge in [0.2, 0.25) is 0 Å². The Labute approximate surface area is 148 Å². The highest BCUT2D eigenvalue weighted by molar-refractivity contribution is 5.38. The summed E-state index contributed by atoms with van der Waals surface area (Å²) in [7, 11) is 0. The van der Waals surface area contributed by atoms with Gasteiger partial charge in [-0.05, 0) is 43.4 Å². The van der Waals surface area contributed by atoms with Crippen LogP contribution < -0.4 is 10.1 Å². The van der Waals surface area contributed by atoms with Crippen LogP contribution in [0.2, 0.25) is 0 Å². The average molecular weight is 340 g/mol. The summed E-state index contributed by atoms with van der Waals surface area (Å²) in [4.78, 5) is 10.5. The second-order valence-electron chi connectivity index (χ2n) is 6.65. The topological polar surface area (TPSA) is 64.4 Å². The number of benzene rings is 2. The van der Waals surface area contributed by atoms with Crippen molar-refractivity contribution >= 4 is 5.69 Å². The molecule has 2 aromatic carbocycles. The maximum Gasteiger partial charge on any atom is 0.269 e. The van der Waals surface area contributed by atoms with Crippen molar-refractivity contribution in [2.45, 2.75) is 38.1 Å². The Morgan fingerprint density at radius 1 is 1.28 bits per heavy atom. The van der Waals surface area contributed by atoms with Crippen molar-refractivity contribution in [2.75, 3.05) is 13.2 Å². The SMILES string of the molecule is CC(CCc1cccc([N+](=O)[O-])c1)NCC1CCOc2ccccc21. The Kier molecular flexibility index (Phi) is 5.66. The lowest BCUT2D eigenvalue weighted by atomic mass is 9.92. The van der Waals surface area contributed by atoms with Crippen LogP contribution in [0.25, 0.3) is 0 Å². The molecule has 0 amide bonds. The van der Waals surface area contributed by atoms with E-state index in [-0.39, 0.29) is 10.6 Å². The van der Waals surface area contributed by atoms with E-state index < -0.39 is 0 Å². The number of hydrogen-bond donors (Lipinski definition) is 1. The molecule has 1 N–H and O–H groups in total. The van der Waals surface area contributed by atoms with Crippen LogP contribution in [0.5, 0.6) is 5.75 Å². The fourth-order valence-electron chi connectivity index (χ4n) is 3.28. The summed E-state index contributed by atoms with van der Waals surface area (Å²) in [5.74, 6) is 1.48. The molecule has 132 valence electrons. The van der Waals surface area contributed by atoms with Crippen molar-refractivity contribution in [3.05, 3.63) is 69.8 Å². The number of non-ortho nitro benzene ring substituents is 1. The fourth-order valence-corrected chi connectivity index (χ4v) is 3.28. The van der Waals surface area contributed by atoms with Crippen LogP contribution in [0.4, 0.5) is 5.69 Å². The molecule has 1 heterocycles. The third-order valence-electron chi connectivity index (χ3n) is 4.78. The van der Waals surface area contributed by atoms with Crippen LogP contribution in [0.15, 0.2) is 48.5 Å². The molecule has 0 bridgehead atoms. The summed E-state index contributed by atoms with van der Waals surface area (Å²) in [6.07, 6.45) is 2.81. The fraction of sp³-hybridized carbons (Fsp3) is 0.400. The molecule has 0 saturated carbocycles. The Bertz CT molecular complexity index is 732. The van der Waals surface area contributed by atoms with Gasteiger partial charge in [-0.3, -0.25) is 10.1 Å². The van der Waals surface area contributed by atoms with Gasteiger partial charge < -0.3 is 10.1 Å². The lowest BCUT2D eigenvalue weighted by molar-refractivity contribution is -0.384. The Morgan fingerprint density at radius 3 is 2.96 bits per heavy atom.